The molecular formula is C13H21N5O2. The summed E-state index contributed by atoms with van der Waals surface area (Å²) >= 11 is 0. The van der Waals surface area contributed by atoms with Gasteiger partial charge in [-0.05, 0) is 12.8 Å². The van der Waals surface area contributed by atoms with Gasteiger partial charge in [-0.25, -0.2) is 0 Å². The molecule has 0 bridgehead atoms. The van der Waals surface area contributed by atoms with Crippen LogP contribution in [0, 0.1) is 0 Å². The highest BCUT2D eigenvalue weighted by Gasteiger charge is 2.37. The summed E-state index contributed by atoms with van der Waals surface area (Å²) in [4.78, 5) is 12.3. The predicted octanol–water partition coefficient (Wildman–Crippen LogP) is 0.989. The zero-order valence-electron chi connectivity index (χ0n) is 11.7. The Labute approximate surface area is 117 Å². The van der Waals surface area contributed by atoms with Gasteiger partial charge in [0.1, 0.15) is 5.54 Å². The Morgan fingerprint density at radius 2 is 2.10 bits per heavy atom. The molecule has 0 aliphatic heterocycles. The summed E-state index contributed by atoms with van der Waals surface area (Å²) in [5.74, 6) is -0.164. The molecule has 1 aromatic rings. The second kappa shape index (κ2) is 5.94. The van der Waals surface area contributed by atoms with E-state index >= 15 is 0 Å². The third-order valence-corrected chi connectivity index (χ3v) is 3.88. The first-order chi connectivity index (χ1) is 9.57. The maximum Gasteiger partial charge on any atom is 0.255 e. The van der Waals surface area contributed by atoms with Crippen LogP contribution in [0.25, 0.3) is 0 Å². The lowest BCUT2D eigenvalue weighted by atomic mass is 9.88. The van der Waals surface area contributed by atoms with Crippen molar-refractivity contribution >= 4 is 11.7 Å². The van der Waals surface area contributed by atoms with Crippen LogP contribution in [0.2, 0.25) is 0 Å². The molecule has 110 valence electrons. The standard InChI is InChI=1S/C13H21N5O2/c1-18-9-10(8-15-18)11(19)16-13(12(14)17-20)6-4-2-3-5-7-13/h8-9,20H,2-7H2,1H3,(H2,14,17)(H,16,19). The molecule has 0 saturated heterocycles. The smallest absolute Gasteiger partial charge is 0.255 e. The van der Waals surface area contributed by atoms with Crippen molar-refractivity contribution in [2.45, 2.75) is 44.1 Å². The number of carbonyl (C=O) groups excluding carboxylic acids is 1. The van der Waals surface area contributed by atoms with Crippen LogP contribution in [0.5, 0.6) is 0 Å². The minimum absolute atomic E-state index is 0.0802. The second-order valence-electron chi connectivity index (χ2n) is 5.34. The molecule has 4 N–H and O–H groups in total. The van der Waals surface area contributed by atoms with Crippen LogP contribution < -0.4 is 11.1 Å². The molecule has 0 radical (unpaired) electrons. The van der Waals surface area contributed by atoms with Gasteiger partial charge in [0.05, 0.1) is 11.8 Å². The summed E-state index contributed by atoms with van der Waals surface area (Å²) < 4.78 is 1.57. The highest BCUT2D eigenvalue weighted by molar-refractivity contribution is 6.00. The molecule has 20 heavy (non-hydrogen) atoms. The van der Waals surface area contributed by atoms with Crippen molar-refractivity contribution in [2.24, 2.45) is 17.9 Å². The van der Waals surface area contributed by atoms with Crippen LogP contribution in [-0.4, -0.2) is 32.3 Å². The van der Waals surface area contributed by atoms with Crippen molar-refractivity contribution < 1.29 is 10.0 Å². The zero-order chi connectivity index (χ0) is 14.6. The third-order valence-electron chi connectivity index (χ3n) is 3.88. The number of nitrogens with one attached hydrogen (secondary N) is 1. The SMILES string of the molecule is Cn1cc(C(=O)NC2(/C(N)=N/O)CCCCCC2)cn1. The Morgan fingerprint density at radius 1 is 1.45 bits per heavy atom. The number of amides is 1. The fourth-order valence-corrected chi connectivity index (χ4v) is 2.70. The van der Waals surface area contributed by atoms with Crippen LogP contribution in [-0.2, 0) is 7.05 Å². The van der Waals surface area contributed by atoms with Crippen molar-refractivity contribution in [3.63, 3.8) is 0 Å². The van der Waals surface area contributed by atoms with Crippen LogP contribution in [0.15, 0.2) is 17.5 Å². The number of nitrogens with two attached hydrogens (primary N) is 1. The Kier molecular flexibility index (Phi) is 4.26. The number of hydrogen-bond acceptors (Lipinski definition) is 4. The first-order valence-corrected chi connectivity index (χ1v) is 6.86. The Morgan fingerprint density at radius 3 is 2.60 bits per heavy atom. The van der Waals surface area contributed by atoms with E-state index < -0.39 is 5.54 Å². The van der Waals surface area contributed by atoms with E-state index in [1.807, 2.05) is 0 Å². The molecule has 2 rings (SSSR count). The minimum Gasteiger partial charge on any atom is -0.409 e. The minimum atomic E-state index is -0.752. The Hall–Kier alpha value is -2.05. The summed E-state index contributed by atoms with van der Waals surface area (Å²) in [5.41, 5.74) is 5.57. The molecule has 0 atom stereocenters. The molecule has 0 unspecified atom stereocenters. The number of amidine groups is 1. The van der Waals surface area contributed by atoms with E-state index in [4.69, 9.17) is 10.9 Å². The van der Waals surface area contributed by atoms with E-state index in [0.717, 1.165) is 25.7 Å². The third kappa shape index (κ3) is 2.92. The summed E-state index contributed by atoms with van der Waals surface area (Å²) in [7, 11) is 1.75. The lowest BCUT2D eigenvalue weighted by molar-refractivity contribution is 0.0915. The lowest BCUT2D eigenvalue weighted by Crippen LogP contribution is -2.57. The maximum atomic E-state index is 12.3. The van der Waals surface area contributed by atoms with Crippen molar-refractivity contribution in [3.8, 4) is 0 Å². The second-order valence-corrected chi connectivity index (χ2v) is 5.34. The van der Waals surface area contributed by atoms with E-state index in [1.54, 1.807) is 17.9 Å². The average molecular weight is 279 g/mol. The molecule has 1 aliphatic carbocycles. The van der Waals surface area contributed by atoms with Gasteiger partial charge in [0, 0.05) is 13.2 Å². The molecule has 0 aromatic carbocycles. The average Bonchev–Trinajstić information content (AvgIpc) is 2.74. The van der Waals surface area contributed by atoms with E-state index in [9.17, 15) is 4.79 Å². The first kappa shape index (κ1) is 14.4. The van der Waals surface area contributed by atoms with Gasteiger partial charge in [0.25, 0.3) is 5.91 Å². The molecular weight excluding hydrogens is 258 g/mol. The fraction of sp³-hybridized carbons (Fsp3) is 0.615. The predicted molar refractivity (Wildman–Crippen MR) is 74.5 cm³/mol. The summed E-state index contributed by atoms with van der Waals surface area (Å²) in [6.45, 7) is 0. The van der Waals surface area contributed by atoms with Gasteiger partial charge in [-0.15, -0.1) is 0 Å². The molecule has 1 amide bonds. The van der Waals surface area contributed by atoms with Crippen molar-refractivity contribution in [1.82, 2.24) is 15.1 Å². The van der Waals surface area contributed by atoms with E-state index in [2.05, 4.69) is 15.6 Å². The first-order valence-electron chi connectivity index (χ1n) is 6.86. The van der Waals surface area contributed by atoms with Gasteiger partial charge < -0.3 is 16.3 Å². The summed E-state index contributed by atoms with van der Waals surface area (Å²) in [6, 6.07) is 0. The van der Waals surface area contributed by atoms with E-state index in [0.29, 0.717) is 18.4 Å². The quantitative estimate of drug-likeness (QED) is 0.252. The zero-order valence-corrected chi connectivity index (χ0v) is 11.7. The molecule has 1 heterocycles. The Balaban J connectivity index is 2.21. The van der Waals surface area contributed by atoms with Crippen LogP contribution in [0.3, 0.4) is 0 Å². The molecule has 1 saturated carbocycles. The number of aryl methyl sites for hydroxylation is 1. The van der Waals surface area contributed by atoms with Gasteiger partial charge in [-0.2, -0.15) is 5.10 Å². The number of aromatic nitrogens is 2. The topological polar surface area (TPSA) is 106 Å². The highest BCUT2D eigenvalue weighted by Crippen LogP contribution is 2.27. The van der Waals surface area contributed by atoms with Crippen LogP contribution in [0.1, 0.15) is 48.9 Å². The lowest BCUT2D eigenvalue weighted by Gasteiger charge is -2.32. The molecule has 1 aliphatic rings. The molecule has 1 aromatic heterocycles. The number of hydrogen-bond donors (Lipinski definition) is 3. The van der Waals surface area contributed by atoms with Gasteiger partial charge in [-0.3, -0.25) is 9.48 Å². The Bertz CT molecular complexity index is 501. The number of nitrogens with zero attached hydrogens (tertiary/aromatic N) is 3. The monoisotopic (exact) mass is 279 g/mol. The van der Waals surface area contributed by atoms with Crippen LogP contribution >= 0.6 is 0 Å². The van der Waals surface area contributed by atoms with Gasteiger partial charge in [0.15, 0.2) is 5.84 Å². The molecule has 0 spiro atoms. The molecule has 7 nitrogen and oxygen atoms in total. The van der Waals surface area contributed by atoms with E-state index in [-0.39, 0.29) is 11.7 Å². The number of carbonyl (C=O) groups is 1. The van der Waals surface area contributed by atoms with Crippen LogP contribution in [0.4, 0.5) is 0 Å². The van der Waals surface area contributed by atoms with Crippen molar-refractivity contribution in [3.05, 3.63) is 18.0 Å². The van der Waals surface area contributed by atoms with Crippen molar-refractivity contribution in [2.75, 3.05) is 0 Å². The number of oxime groups is 1. The maximum absolute atomic E-state index is 12.3. The highest BCUT2D eigenvalue weighted by atomic mass is 16.4. The summed E-state index contributed by atoms with van der Waals surface area (Å²) in [6.07, 6.45) is 8.63. The molecule has 1 fully saturated rings. The van der Waals surface area contributed by atoms with E-state index in [1.165, 1.54) is 6.20 Å². The van der Waals surface area contributed by atoms with Gasteiger partial charge >= 0.3 is 0 Å². The van der Waals surface area contributed by atoms with Gasteiger partial charge in [-0.1, -0.05) is 30.8 Å². The van der Waals surface area contributed by atoms with Crippen molar-refractivity contribution in [1.29, 1.82) is 0 Å². The summed E-state index contributed by atoms with van der Waals surface area (Å²) in [5, 5.41) is 19.1. The normalized spacial score (nSPS) is 19.4. The number of rotatable bonds is 3. The van der Waals surface area contributed by atoms with Gasteiger partial charge in [0.2, 0.25) is 0 Å². The fourth-order valence-electron chi connectivity index (χ4n) is 2.70. The molecule has 7 heteroatoms. The largest absolute Gasteiger partial charge is 0.409 e.